The van der Waals surface area contributed by atoms with Crippen LogP contribution >= 0.6 is 24.8 Å². The molecule has 1 aliphatic heterocycles. The van der Waals surface area contributed by atoms with Crippen molar-refractivity contribution >= 4 is 30.7 Å². The highest BCUT2D eigenvalue weighted by Crippen LogP contribution is 2.30. The summed E-state index contributed by atoms with van der Waals surface area (Å²) in [5.41, 5.74) is 8.34. The Kier molecular flexibility index (Phi) is 11.8. The molecule has 0 aromatic heterocycles. The molecule has 0 aliphatic carbocycles. The molecule has 2 unspecified atom stereocenters. The van der Waals surface area contributed by atoms with Crippen molar-refractivity contribution in [1.29, 1.82) is 0 Å². The van der Waals surface area contributed by atoms with Crippen LogP contribution in [0, 0.1) is 0 Å². The smallest absolute Gasteiger partial charge is 0.237 e. The number of ether oxygens (including phenoxy) is 1. The molecular weight excluding hydrogens is 421 g/mol. The van der Waals surface area contributed by atoms with E-state index in [4.69, 9.17) is 10.5 Å². The predicted molar refractivity (Wildman–Crippen MR) is 127 cm³/mol. The molecule has 2 aromatic rings. The van der Waals surface area contributed by atoms with Gasteiger partial charge in [-0.1, -0.05) is 55.0 Å². The van der Waals surface area contributed by atoms with Crippen LogP contribution in [0.25, 0.3) is 0 Å². The fourth-order valence-electron chi connectivity index (χ4n) is 3.90. The van der Waals surface area contributed by atoms with E-state index in [0.717, 1.165) is 30.0 Å². The van der Waals surface area contributed by atoms with Gasteiger partial charge in [0.25, 0.3) is 0 Å². The number of para-hydroxylation sites is 1. The van der Waals surface area contributed by atoms with Crippen LogP contribution in [0.4, 0.5) is 0 Å². The molecule has 1 fully saturated rings. The van der Waals surface area contributed by atoms with E-state index in [0.29, 0.717) is 13.0 Å². The lowest BCUT2D eigenvalue weighted by molar-refractivity contribution is -0.122. The molecule has 5 nitrogen and oxygen atoms in total. The third-order valence-electron chi connectivity index (χ3n) is 5.43. The monoisotopic (exact) mass is 453 g/mol. The van der Waals surface area contributed by atoms with Crippen molar-refractivity contribution in [2.45, 2.75) is 37.8 Å². The summed E-state index contributed by atoms with van der Waals surface area (Å²) in [6.45, 7) is 2.60. The fraction of sp³-hybridized carbons (Fsp3) is 0.435. The number of benzene rings is 2. The van der Waals surface area contributed by atoms with Gasteiger partial charge in [0, 0.05) is 12.1 Å². The van der Waals surface area contributed by atoms with Crippen molar-refractivity contribution in [2.75, 3.05) is 26.7 Å². The van der Waals surface area contributed by atoms with Crippen LogP contribution in [-0.2, 0) is 11.2 Å². The van der Waals surface area contributed by atoms with E-state index in [1.165, 1.54) is 19.3 Å². The zero-order valence-electron chi connectivity index (χ0n) is 17.5. The van der Waals surface area contributed by atoms with Gasteiger partial charge in [-0.3, -0.25) is 9.69 Å². The molecule has 0 spiro atoms. The summed E-state index contributed by atoms with van der Waals surface area (Å²) in [6, 6.07) is 17.5. The number of carbonyl (C=O) groups excluding carboxylic acids is 1. The van der Waals surface area contributed by atoms with Crippen LogP contribution in [0.3, 0.4) is 0 Å². The Morgan fingerprint density at radius 3 is 2.33 bits per heavy atom. The number of rotatable bonds is 8. The van der Waals surface area contributed by atoms with Gasteiger partial charge in [0.1, 0.15) is 5.75 Å². The maximum Gasteiger partial charge on any atom is 0.237 e. The molecular formula is C23H33Cl2N3O2. The van der Waals surface area contributed by atoms with Crippen LogP contribution in [0.5, 0.6) is 5.75 Å². The van der Waals surface area contributed by atoms with Gasteiger partial charge in [0.05, 0.1) is 19.2 Å². The van der Waals surface area contributed by atoms with E-state index in [1.54, 1.807) is 7.11 Å². The van der Waals surface area contributed by atoms with E-state index in [1.807, 2.05) is 48.5 Å². The highest BCUT2D eigenvalue weighted by atomic mass is 35.5. The Hall–Kier alpha value is -1.79. The molecule has 0 bridgehead atoms. The molecule has 3 rings (SSSR count). The molecule has 1 aliphatic rings. The fourth-order valence-corrected chi connectivity index (χ4v) is 3.90. The lowest BCUT2D eigenvalue weighted by Gasteiger charge is -2.35. The van der Waals surface area contributed by atoms with Crippen LogP contribution in [0.15, 0.2) is 54.6 Å². The van der Waals surface area contributed by atoms with Crippen molar-refractivity contribution in [2.24, 2.45) is 5.73 Å². The number of amides is 1. The Balaban J connectivity index is 0.00000225. The van der Waals surface area contributed by atoms with Crippen LogP contribution in [0.2, 0.25) is 0 Å². The Bertz CT molecular complexity index is 755. The SMILES string of the molecule is COc1ccccc1C(CNC(=O)C(N)Cc1ccccc1)N1CCCCC1.Cl.Cl. The molecule has 166 valence electrons. The molecule has 7 heteroatoms. The second-order valence-corrected chi connectivity index (χ2v) is 7.40. The average molecular weight is 454 g/mol. The molecule has 1 heterocycles. The van der Waals surface area contributed by atoms with Gasteiger partial charge in [-0.2, -0.15) is 0 Å². The largest absolute Gasteiger partial charge is 0.496 e. The summed E-state index contributed by atoms with van der Waals surface area (Å²) in [5.74, 6) is 0.752. The van der Waals surface area contributed by atoms with Crippen LogP contribution in [0.1, 0.15) is 36.4 Å². The quantitative estimate of drug-likeness (QED) is 0.638. The summed E-state index contributed by atoms with van der Waals surface area (Å²) in [6.07, 6.45) is 4.18. The number of methoxy groups -OCH3 is 1. The van der Waals surface area contributed by atoms with E-state index >= 15 is 0 Å². The molecule has 0 saturated carbocycles. The molecule has 1 saturated heterocycles. The predicted octanol–water partition coefficient (Wildman–Crippen LogP) is 3.75. The molecule has 1 amide bonds. The Morgan fingerprint density at radius 2 is 1.67 bits per heavy atom. The topological polar surface area (TPSA) is 67.6 Å². The maximum absolute atomic E-state index is 12.6. The van der Waals surface area contributed by atoms with Crippen molar-refractivity contribution in [1.82, 2.24) is 10.2 Å². The first-order valence-electron chi connectivity index (χ1n) is 10.1. The summed E-state index contributed by atoms with van der Waals surface area (Å²) in [7, 11) is 1.69. The van der Waals surface area contributed by atoms with Crippen molar-refractivity contribution < 1.29 is 9.53 Å². The Morgan fingerprint density at radius 1 is 1.03 bits per heavy atom. The summed E-state index contributed by atoms with van der Waals surface area (Å²) in [4.78, 5) is 15.1. The third kappa shape index (κ3) is 7.17. The van der Waals surface area contributed by atoms with Gasteiger partial charge >= 0.3 is 0 Å². The summed E-state index contributed by atoms with van der Waals surface area (Å²) < 4.78 is 5.59. The van der Waals surface area contributed by atoms with E-state index < -0.39 is 6.04 Å². The number of nitrogens with zero attached hydrogens (tertiary/aromatic N) is 1. The number of hydrogen-bond acceptors (Lipinski definition) is 4. The summed E-state index contributed by atoms with van der Waals surface area (Å²) in [5, 5.41) is 3.09. The first-order chi connectivity index (χ1) is 13.7. The van der Waals surface area contributed by atoms with Crippen LogP contribution < -0.4 is 15.8 Å². The standard InChI is InChI=1S/C23H31N3O2.2ClH/c1-28-22-13-7-6-12-19(22)21(26-14-8-3-9-15-26)17-25-23(27)20(24)16-18-10-4-2-5-11-18;;/h2,4-7,10-13,20-21H,3,8-9,14-17,24H2,1H3,(H,25,27);2*1H. The van der Waals surface area contributed by atoms with Crippen molar-refractivity contribution in [3.8, 4) is 5.75 Å². The van der Waals surface area contributed by atoms with E-state index in [9.17, 15) is 4.79 Å². The maximum atomic E-state index is 12.6. The van der Waals surface area contributed by atoms with Crippen LogP contribution in [-0.4, -0.2) is 43.6 Å². The normalized spacial score (nSPS) is 15.8. The molecule has 3 N–H and O–H groups in total. The minimum atomic E-state index is -0.554. The number of carbonyl (C=O) groups is 1. The van der Waals surface area contributed by atoms with Gasteiger partial charge in [0.15, 0.2) is 0 Å². The number of nitrogens with two attached hydrogens (primary N) is 1. The molecule has 2 atom stereocenters. The zero-order valence-corrected chi connectivity index (χ0v) is 19.1. The van der Waals surface area contributed by atoms with Gasteiger partial charge in [-0.15, -0.1) is 24.8 Å². The first kappa shape index (κ1) is 26.2. The van der Waals surface area contributed by atoms with Crippen molar-refractivity contribution in [3.05, 3.63) is 65.7 Å². The second kappa shape index (κ2) is 13.5. The van der Waals surface area contributed by atoms with Crippen molar-refractivity contribution in [3.63, 3.8) is 0 Å². The zero-order chi connectivity index (χ0) is 19.8. The van der Waals surface area contributed by atoms with Gasteiger partial charge in [-0.05, 0) is 44.0 Å². The Labute approximate surface area is 192 Å². The minimum Gasteiger partial charge on any atom is -0.496 e. The number of nitrogens with one attached hydrogen (secondary N) is 1. The van der Waals surface area contributed by atoms with Gasteiger partial charge in [0.2, 0.25) is 5.91 Å². The average Bonchev–Trinajstić information content (AvgIpc) is 2.75. The van der Waals surface area contributed by atoms with Gasteiger partial charge in [-0.25, -0.2) is 0 Å². The van der Waals surface area contributed by atoms with E-state index in [2.05, 4.69) is 16.3 Å². The molecule has 0 radical (unpaired) electrons. The summed E-state index contributed by atoms with van der Waals surface area (Å²) >= 11 is 0. The highest BCUT2D eigenvalue weighted by molar-refractivity contribution is 5.85. The lowest BCUT2D eigenvalue weighted by Crippen LogP contribution is -2.46. The molecule has 30 heavy (non-hydrogen) atoms. The number of piperidine rings is 1. The number of hydrogen-bond donors (Lipinski definition) is 2. The second-order valence-electron chi connectivity index (χ2n) is 7.40. The lowest BCUT2D eigenvalue weighted by atomic mass is 10.00. The highest BCUT2D eigenvalue weighted by Gasteiger charge is 2.26. The van der Waals surface area contributed by atoms with E-state index in [-0.39, 0.29) is 36.8 Å². The molecule has 2 aromatic carbocycles. The minimum absolute atomic E-state index is 0. The van der Waals surface area contributed by atoms with Gasteiger partial charge < -0.3 is 15.8 Å². The first-order valence-corrected chi connectivity index (χ1v) is 10.1. The number of likely N-dealkylation sites (tertiary alicyclic amines) is 1. The third-order valence-corrected chi connectivity index (χ3v) is 5.43. The number of halogens is 2.